The summed E-state index contributed by atoms with van der Waals surface area (Å²) in [5.74, 6) is 0. The van der Waals surface area contributed by atoms with E-state index in [0.29, 0.717) is 0 Å². The molecular weight excluding hydrogens is 500 g/mol. The van der Waals surface area contributed by atoms with Gasteiger partial charge in [0.2, 0.25) is 0 Å². The van der Waals surface area contributed by atoms with Gasteiger partial charge in [-0.3, -0.25) is 0 Å². The third-order valence-electron chi connectivity index (χ3n) is 7.87. The summed E-state index contributed by atoms with van der Waals surface area (Å²) in [5.41, 5.74) is 10.5. The molecule has 7 rings (SSSR count). The summed E-state index contributed by atoms with van der Waals surface area (Å²) in [6, 6.07) is 42.2. The van der Waals surface area contributed by atoms with E-state index in [1.54, 1.807) is 0 Å². The molecule has 0 saturated heterocycles. The third kappa shape index (κ3) is 3.13. The first-order chi connectivity index (χ1) is 17.5. The Morgan fingerprint density at radius 2 is 1.19 bits per heavy atom. The standard InChI is InChI=1S/C35H25Br/c1-35(2)32-20-26-19-25-12-6-7-15-28(25)34(36)30(26)21-31(32)29-17-9-16-27(33(29)35)24-14-8-13-23(18-24)22-10-4-3-5-11-22/h3-21H,1-2H3. The van der Waals surface area contributed by atoms with Gasteiger partial charge in [0.1, 0.15) is 0 Å². The van der Waals surface area contributed by atoms with Crippen molar-refractivity contribution in [2.24, 2.45) is 0 Å². The van der Waals surface area contributed by atoms with E-state index in [9.17, 15) is 0 Å². The van der Waals surface area contributed by atoms with Crippen molar-refractivity contribution in [3.63, 3.8) is 0 Å². The first-order valence-corrected chi connectivity index (χ1v) is 13.3. The maximum Gasteiger partial charge on any atom is 0.0332 e. The Bertz CT molecular complexity index is 1810. The topological polar surface area (TPSA) is 0 Å². The molecule has 0 bridgehead atoms. The van der Waals surface area contributed by atoms with E-state index < -0.39 is 0 Å². The van der Waals surface area contributed by atoms with Crippen molar-refractivity contribution in [1.29, 1.82) is 0 Å². The van der Waals surface area contributed by atoms with Crippen LogP contribution in [0.5, 0.6) is 0 Å². The molecule has 1 aliphatic carbocycles. The van der Waals surface area contributed by atoms with Crippen LogP contribution in [0, 0.1) is 0 Å². The Morgan fingerprint density at radius 3 is 2.06 bits per heavy atom. The average Bonchev–Trinajstić information content (AvgIpc) is 3.15. The SMILES string of the molecule is CC1(C)c2cc3cc4ccccc4c(Br)c3cc2-c2cccc(-c3cccc(-c4ccccc4)c3)c21. The second kappa shape index (κ2) is 7.91. The molecule has 0 heterocycles. The van der Waals surface area contributed by atoms with Crippen LogP contribution in [0.1, 0.15) is 25.0 Å². The van der Waals surface area contributed by atoms with Crippen molar-refractivity contribution in [1.82, 2.24) is 0 Å². The van der Waals surface area contributed by atoms with E-state index in [0.717, 1.165) is 0 Å². The zero-order valence-electron chi connectivity index (χ0n) is 20.3. The lowest BCUT2D eigenvalue weighted by Gasteiger charge is -2.25. The molecule has 0 spiro atoms. The highest BCUT2D eigenvalue weighted by Crippen LogP contribution is 2.54. The van der Waals surface area contributed by atoms with Gasteiger partial charge in [-0.15, -0.1) is 0 Å². The van der Waals surface area contributed by atoms with Gasteiger partial charge in [-0.1, -0.05) is 105 Å². The Kier molecular flexibility index (Phi) is 4.75. The molecule has 0 nitrogen and oxygen atoms in total. The van der Waals surface area contributed by atoms with E-state index in [1.807, 2.05) is 0 Å². The lowest BCUT2D eigenvalue weighted by Crippen LogP contribution is -2.16. The summed E-state index contributed by atoms with van der Waals surface area (Å²) >= 11 is 3.94. The second-order valence-electron chi connectivity index (χ2n) is 10.3. The van der Waals surface area contributed by atoms with Gasteiger partial charge in [0, 0.05) is 9.89 Å². The molecule has 0 fully saturated rings. The fraction of sp³-hybridized carbons (Fsp3) is 0.0857. The maximum atomic E-state index is 3.94. The average molecular weight is 525 g/mol. The number of rotatable bonds is 2. The van der Waals surface area contributed by atoms with Crippen molar-refractivity contribution >= 4 is 37.5 Å². The van der Waals surface area contributed by atoms with Crippen molar-refractivity contribution in [3.8, 4) is 33.4 Å². The first-order valence-electron chi connectivity index (χ1n) is 12.5. The van der Waals surface area contributed by atoms with Gasteiger partial charge in [0.25, 0.3) is 0 Å². The Labute approximate surface area is 220 Å². The monoisotopic (exact) mass is 524 g/mol. The zero-order chi connectivity index (χ0) is 24.4. The lowest BCUT2D eigenvalue weighted by atomic mass is 9.78. The lowest BCUT2D eigenvalue weighted by molar-refractivity contribution is 0.663. The molecule has 1 aliphatic rings. The fourth-order valence-electron chi connectivity index (χ4n) is 6.12. The van der Waals surface area contributed by atoms with Crippen LogP contribution in [0.15, 0.2) is 120 Å². The van der Waals surface area contributed by atoms with Crippen LogP contribution in [0.4, 0.5) is 0 Å². The minimum absolute atomic E-state index is 0.101. The quantitative estimate of drug-likeness (QED) is 0.197. The highest BCUT2D eigenvalue weighted by atomic mass is 79.9. The maximum absolute atomic E-state index is 3.94. The molecule has 0 atom stereocenters. The molecule has 36 heavy (non-hydrogen) atoms. The van der Waals surface area contributed by atoms with Crippen molar-refractivity contribution < 1.29 is 0 Å². The predicted octanol–water partition coefficient (Wildman–Crippen LogP) is 10.4. The van der Waals surface area contributed by atoms with Crippen LogP contribution in [-0.2, 0) is 5.41 Å². The van der Waals surface area contributed by atoms with Crippen LogP contribution in [0.3, 0.4) is 0 Å². The highest BCUT2D eigenvalue weighted by Gasteiger charge is 2.38. The van der Waals surface area contributed by atoms with Crippen LogP contribution in [-0.4, -0.2) is 0 Å². The summed E-state index contributed by atoms with van der Waals surface area (Å²) in [6.45, 7) is 4.76. The molecule has 0 aromatic heterocycles. The predicted molar refractivity (Wildman–Crippen MR) is 158 cm³/mol. The van der Waals surface area contributed by atoms with Crippen LogP contribution in [0.25, 0.3) is 54.9 Å². The fourth-order valence-corrected chi connectivity index (χ4v) is 6.83. The molecule has 0 N–H and O–H groups in total. The summed E-state index contributed by atoms with van der Waals surface area (Å²) in [4.78, 5) is 0. The minimum atomic E-state index is -0.101. The smallest absolute Gasteiger partial charge is 0.0332 e. The number of hydrogen-bond donors (Lipinski definition) is 0. The van der Waals surface area contributed by atoms with Crippen LogP contribution in [0.2, 0.25) is 0 Å². The van der Waals surface area contributed by atoms with Gasteiger partial charge in [-0.2, -0.15) is 0 Å². The van der Waals surface area contributed by atoms with Crippen LogP contribution < -0.4 is 0 Å². The molecule has 0 unspecified atom stereocenters. The molecule has 0 aliphatic heterocycles. The normalized spacial score (nSPS) is 13.6. The molecular formula is C35H25Br. The number of fused-ring (bicyclic) bond motifs is 5. The summed E-state index contributed by atoms with van der Waals surface area (Å²) < 4.78 is 1.18. The number of halogens is 1. The largest absolute Gasteiger partial charge is 0.0622 e. The van der Waals surface area contributed by atoms with Gasteiger partial charge >= 0.3 is 0 Å². The third-order valence-corrected chi connectivity index (χ3v) is 8.72. The Balaban J connectivity index is 1.46. The minimum Gasteiger partial charge on any atom is -0.0622 e. The molecule has 172 valence electrons. The summed E-state index contributed by atoms with van der Waals surface area (Å²) in [5, 5.41) is 5.08. The van der Waals surface area contributed by atoms with Crippen molar-refractivity contribution in [2.45, 2.75) is 19.3 Å². The van der Waals surface area contributed by atoms with E-state index in [-0.39, 0.29) is 5.41 Å². The van der Waals surface area contributed by atoms with Crippen LogP contribution >= 0.6 is 15.9 Å². The van der Waals surface area contributed by atoms with Gasteiger partial charge < -0.3 is 0 Å². The van der Waals surface area contributed by atoms with Gasteiger partial charge in [0.15, 0.2) is 0 Å². The first kappa shape index (κ1) is 21.6. The van der Waals surface area contributed by atoms with E-state index in [4.69, 9.17) is 0 Å². The van der Waals surface area contributed by atoms with Crippen molar-refractivity contribution in [3.05, 3.63) is 131 Å². The summed E-state index contributed by atoms with van der Waals surface area (Å²) in [6.07, 6.45) is 0. The molecule has 6 aromatic carbocycles. The Morgan fingerprint density at radius 1 is 0.500 bits per heavy atom. The van der Waals surface area contributed by atoms with Gasteiger partial charge in [0.05, 0.1) is 0 Å². The van der Waals surface area contributed by atoms with E-state index in [1.165, 1.54) is 70.5 Å². The van der Waals surface area contributed by atoms with E-state index in [2.05, 4.69) is 145 Å². The molecule has 0 saturated carbocycles. The molecule has 0 radical (unpaired) electrons. The molecule has 0 amide bonds. The number of benzene rings is 6. The molecule has 1 heteroatoms. The summed E-state index contributed by atoms with van der Waals surface area (Å²) in [7, 11) is 0. The van der Waals surface area contributed by atoms with Crippen molar-refractivity contribution in [2.75, 3.05) is 0 Å². The zero-order valence-corrected chi connectivity index (χ0v) is 21.9. The molecule has 6 aromatic rings. The number of hydrogen-bond acceptors (Lipinski definition) is 0. The van der Waals surface area contributed by atoms with Gasteiger partial charge in [-0.05, 0) is 106 Å². The Hall–Kier alpha value is -3.68. The second-order valence-corrected chi connectivity index (χ2v) is 11.1. The van der Waals surface area contributed by atoms with Gasteiger partial charge in [-0.25, -0.2) is 0 Å². The van der Waals surface area contributed by atoms with E-state index >= 15 is 0 Å². The highest BCUT2D eigenvalue weighted by molar-refractivity contribution is 9.10.